The highest BCUT2D eigenvalue weighted by atomic mass is 16.5. The van der Waals surface area contributed by atoms with Crippen LogP contribution in [0.25, 0.3) is 0 Å². The summed E-state index contributed by atoms with van der Waals surface area (Å²) in [6.07, 6.45) is 0. The highest BCUT2D eigenvalue weighted by molar-refractivity contribution is 5.91. The van der Waals surface area contributed by atoms with Gasteiger partial charge in [0.15, 0.2) is 5.76 Å². The zero-order valence-electron chi connectivity index (χ0n) is 11.3. The van der Waals surface area contributed by atoms with Crippen molar-refractivity contribution in [3.8, 4) is 5.75 Å². The fourth-order valence-electron chi connectivity index (χ4n) is 1.93. The Bertz CT molecular complexity index is 574. The summed E-state index contributed by atoms with van der Waals surface area (Å²) in [5.74, 6) is 1.56. The van der Waals surface area contributed by atoms with Gasteiger partial charge in [-0.05, 0) is 32.0 Å². The summed E-state index contributed by atoms with van der Waals surface area (Å²) in [7, 11) is 1.61. The molecule has 19 heavy (non-hydrogen) atoms. The summed E-state index contributed by atoms with van der Waals surface area (Å²) in [6, 6.07) is 10.9. The SMILES string of the molecule is COc1ccccc1[C@@H](C)NC(=O)c1ccc(C)o1. The molecule has 0 aliphatic heterocycles. The van der Waals surface area contributed by atoms with E-state index in [9.17, 15) is 4.79 Å². The Balaban J connectivity index is 2.12. The van der Waals surface area contributed by atoms with E-state index in [1.165, 1.54) is 0 Å². The molecular weight excluding hydrogens is 242 g/mol. The Morgan fingerprint density at radius 1 is 1.26 bits per heavy atom. The van der Waals surface area contributed by atoms with E-state index in [0.717, 1.165) is 17.1 Å². The average molecular weight is 259 g/mol. The number of ether oxygens (including phenoxy) is 1. The van der Waals surface area contributed by atoms with Crippen LogP contribution in [0, 0.1) is 6.92 Å². The van der Waals surface area contributed by atoms with Crippen LogP contribution < -0.4 is 10.1 Å². The van der Waals surface area contributed by atoms with Crippen LogP contribution in [0.1, 0.15) is 34.8 Å². The maximum absolute atomic E-state index is 12.0. The molecule has 0 unspecified atom stereocenters. The molecule has 1 N–H and O–H groups in total. The number of carbonyl (C=O) groups is 1. The van der Waals surface area contributed by atoms with Crippen molar-refractivity contribution >= 4 is 5.91 Å². The average Bonchev–Trinajstić information content (AvgIpc) is 2.85. The third-order valence-corrected chi connectivity index (χ3v) is 2.92. The predicted molar refractivity (Wildman–Crippen MR) is 72.3 cm³/mol. The molecule has 1 atom stereocenters. The van der Waals surface area contributed by atoms with Crippen molar-refractivity contribution < 1.29 is 13.9 Å². The van der Waals surface area contributed by atoms with E-state index in [4.69, 9.17) is 9.15 Å². The number of hydrogen-bond acceptors (Lipinski definition) is 3. The van der Waals surface area contributed by atoms with Gasteiger partial charge in [-0.15, -0.1) is 0 Å². The van der Waals surface area contributed by atoms with Crippen molar-refractivity contribution in [3.63, 3.8) is 0 Å². The topological polar surface area (TPSA) is 51.5 Å². The summed E-state index contributed by atoms with van der Waals surface area (Å²) in [6.45, 7) is 3.71. The molecular formula is C15H17NO3. The molecule has 1 amide bonds. The Morgan fingerprint density at radius 2 is 2.00 bits per heavy atom. The van der Waals surface area contributed by atoms with Crippen molar-refractivity contribution in [1.82, 2.24) is 5.32 Å². The fraction of sp³-hybridized carbons (Fsp3) is 0.267. The van der Waals surface area contributed by atoms with E-state index >= 15 is 0 Å². The van der Waals surface area contributed by atoms with Gasteiger partial charge in [0.1, 0.15) is 11.5 Å². The number of nitrogens with one attached hydrogen (secondary N) is 1. The van der Waals surface area contributed by atoms with Crippen molar-refractivity contribution in [1.29, 1.82) is 0 Å². The number of para-hydroxylation sites is 1. The van der Waals surface area contributed by atoms with Crippen LogP contribution in [0.4, 0.5) is 0 Å². The van der Waals surface area contributed by atoms with E-state index in [-0.39, 0.29) is 11.9 Å². The smallest absolute Gasteiger partial charge is 0.287 e. The first-order valence-electron chi connectivity index (χ1n) is 6.12. The molecule has 1 aromatic carbocycles. The minimum Gasteiger partial charge on any atom is -0.496 e. The number of aryl methyl sites for hydroxylation is 1. The van der Waals surface area contributed by atoms with E-state index in [0.29, 0.717) is 5.76 Å². The fourth-order valence-corrected chi connectivity index (χ4v) is 1.93. The van der Waals surface area contributed by atoms with Gasteiger partial charge in [-0.1, -0.05) is 18.2 Å². The van der Waals surface area contributed by atoms with Gasteiger partial charge < -0.3 is 14.5 Å². The summed E-state index contributed by atoms with van der Waals surface area (Å²) >= 11 is 0. The Kier molecular flexibility index (Phi) is 3.90. The van der Waals surface area contributed by atoms with Crippen molar-refractivity contribution in [3.05, 3.63) is 53.5 Å². The quantitative estimate of drug-likeness (QED) is 0.918. The molecule has 0 radical (unpaired) electrons. The van der Waals surface area contributed by atoms with Gasteiger partial charge in [0, 0.05) is 5.56 Å². The second kappa shape index (κ2) is 5.61. The minimum atomic E-state index is -0.230. The Morgan fingerprint density at radius 3 is 2.63 bits per heavy atom. The first-order chi connectivity index (χ1) is 9.11. The molecule has 4 heteroatoms. The van der Waals surface area contributed by atoms with Crippen LogP contribution in [0.5, 0.6) is 5.75 Å². The van der Waals surface area contributed by atoms with Crippen molar-refractivity contribution in [2.75, 3.05) is 7.11 Å². The molecule has 2 aromatic rings. The molecule has 0 bridgehead atoms. The Hall–Kier alpha value is -2.23. The number of carbonyl (C=O) groups excluding carboxylic acids is 1. The minimum absolute atomic E-state index is 0.158. The second-order valence-corrected chi connectivity index (χ2v) is 4.35. The van der Waals surface area contributed by atoms with Crippen LogP contribution in [0.15, 0.2) is 40.8 Å². The zero-order chi connectivity index (χ0) is 13.8. The molecule has 100 valence electrons. The second-order valence-electron chi connectivity index (χ2n) is 4.35. The van der Waals surface area contributed by atoms with Crippen molar-refractivity contribution in [2.45, 2.75) is 19.9 Å². The lowest BCUT2D eigenvalue weighted by molar-refractivity contribution is 0.0910. The first-order valence-corrected chi connectivity index (χ1v) is 6.12. The number of methoxy groups -OCH3 is 1. The van der Waals surface area contributed by atoms with Crippen LogP contribution in [-0.4, -0.2) is 13.0 Å². The normalized spacial score (nSPS) is 11.9. The van der Waals surface area contributed by atoms with Gasteiger partial charge >= 0.3 is 0 Å². The predicted octanol–water partition coefficient (Wildman–Crippen LogP) is 3.09. The monoisotopic (exact) mass is 259 g/mol. The van der Waals surface area contributed by atoms with Gasteiger partial charge in [0.25, 0.3) is 5.91 Å². The molecule has 2 rings (SSSR count). The molecule has 1 aromatic heterocycles. The molecule has 0 aliphatic carbocycles. The standard InChI is InChI=1S/C15H17NO3/c1-10-8-9-14(19-10)15(17)16-11(2)12-6-4-5-7-13(12)18-3/h4-9,11H,1-3H3,(H,16,17)/t11-/m1/s1. The summed E-state index contributed by atoms with van der Waals surface area (Å²) in [4.78, 5) is 12.0. The number of hydrogen-bond donors (Lipinski definition) is 1. The van der Waals surface area contributed by atoms with Crippen LogP contribution >= 0.6 is 0 Å². The van der Waals surface area contributed by atoms with Gasteiger partial charge in [0.05, 0.1) is 13.2 Å². The third-order valence-electron chi connectivity index (χ3n) is 2.92. The van der Waals surface area contributed by atoms with E-state index in [1.54, 1.807) is 26.2 Å². The van der Waals surface area contributed by atoms with E-state index in [1.807, 2.05) is 31.2 Å². The summed E-state index contributed by atoms with van der Waals surface area (Å²) in [5.41, 5.74) is 0.932. The molecule has 0 spiro atoms. The number of amides is 1. The summed E-state index contributed by atoms with van der Waals surface area (Å²) in [5, 5.41) is 2.89. The van der Waals surface area contributed by atoms with Gasteiger partial charge in [-0.25, -0.2) is 0 Å². The number of benzene rings is 1. The summed E-state index contributed by atoms with van der Waals surface area (Å²) < 4.78 is 10.6. The maximum atomic E-state index is 12.0. The van der Waals surface area contributed by atoms with Crippen LogP contribution in [-0.2, 0) is 0 Å². The number of furan rings is 1. The lowest BCUT2D eigenvalue weighted by atomic mass is 10.1. The molecule has 0 saturated heterocycles. The molecule has 4 nitrogen and oxygen atoms in total. The van der Waals surface area contributed by atoms with Crippen molar-refractivity contribution in [2.24, 2.45) is 0 Å². The molecule has 1 heterocycles. The largest absolute Gasteiger partial charge is 0.496 e. The molecule has 0 saturated carbocycles. The van der Waals surface area contributed by atoms with E-state index < -0.39 is 0 Å². The highest BCUT2D eigenvalue weighted by Crippen LogP contribution is 2.24. The van der Waals surface area contributed by atoms with Gasteiger partial charge in [0.2, 0.25) is 0 Å². The molecule has 0 aliphatic rings. The highest BCUT2D eigenvalue weighted by Gasteiger charge is 2.16. The maximum Gasteiger partial charge on any atom is 0.287 e. The molecule has 0 fully saturated rings. The lowest BCUT2D eigenvalue weighted by Crippen LogP contribution is -2.26. The van der Waals surface area contributed by atoms with Crippen LogP contribution in [0.2, 0.25) is 0 Å². The third kappa shape index (κ3) is 2.96. The Labute approximate surface area is 112 Å². The van der Waals surface area contributed by atoms with E-state index in [2.05, 4.69) is 5.32 Å². The van der Waals surface area contributed by atoms with Gasteiger partial charge in [-0.2, -0.15) is 0 Å². The van der Waals surface area contributed by atoms with Crippen LogP contribution in [0.3, 0.4) is 0 Å². The lowest BCUT2D eigenvalue weighted by Gasteiger charge is -2.16. The van der Waals surface area contributed by atoms with Gasteiger partial charge in [-0.3, -0.25) is 4.79 Å². The first kappa shape index (κ1) is 13.2. The number of rotatable bonds is 4. The zero-order valence-corrected chi connectivity index (χ0v) is 11.3.